The summed E-state index contributed by atoms with van der Waals surface area (Å²) in [4.78, 5) is 49.4. The molecular formula is C17H19N3O5S2. The summed E-state index contributed by atoms with van der Waals surface area (Å²) in [5, 5.41) is 8.97. The van der Waals surface area contributed by atoms with Crippen molar-refractivity contribution >= 4 is 51.4 Å². The van der Waals surface area contributed by atoms with Gasteiger partial charge >= 0.3 is 5.97 Å². The van der Waals surface area contributed by atoms with Crippen molar-refractivity contribution in [2.45, 2.75) is 6.92 Å². The van der Waals surface area contributed by atoms with Gasteiger partial charge in [0.1, 0.15) is 10.6 Å². The van der Waals surface area contributed by atoms with E-state index in [-0.39, 0.29) is 23.9 Å². The minimum atomic E-state index is -0.725. The average molecular weight is 409 g/mol. The van der Waals surface area contributed by atoms with Crippen molar-refractivity contribution in [1.82, 2.24) is 10.2 Å². The molecule has 0 aliphatic rings. The predicted molar refractivity (Wildman–Crippen MR) is 104 cm³/mol. The Morgan fingerprint density at radius 3 is 2.52 bits per heavy atom. The van der Waals surface area contributed by atoms with Crippen LogP contribution in [0.5, 0.6) is 0 Å². The zero-order chi connectivity index (χ0) is 20.0. The molecule has 27 heavy (non-hydrogen) atoms. The minimum Gasteiger partial charge on any atom is -0.452 e. The monoisotopic (exact) mass is 409 g/mol. The average Bonchev–Trinajstić information content (AvgIpc) is 3.26. The molecule has 2 heterocycles. The van der Waals surface area contributed by atoms with Crippen LogP contribution in [-0.4, -0.2) is 55.8 Å². The van der Waals surface area contributed by atoms with Gasteiger partial charge in [-0.2, -0.15) is 0 Å². The Balaban J connectivity index is 2.08. The van der Waals surface area contributed by atoms with Crippen molar-refractivity contribution in [3.05, 3.63) is 28.5 Å². The smallest absolute Gasteiger partial charge is 0.342 e. The number of rotatable bonds is 7. The van der Waals surface area contributed by atoms with Crippen LogP contribution in [0.1, 0.15) is 17.3 Å². The van der Waals surface area contributed by atoms with Gasteiger partial charge in [-0.1, -0.05) is 6.07 Å². The van der Waals surface area contributed by atoms with Crippen LogP contribution < -0.4 is 10.6 Å². The summed E-state index contributed by atoms with van der Waals surface area (Å²) in [6.07, 6.45) is 0. The van der Waals surface area contributed by atoms with E-state index in [2.05, 4.69) is 10.6 Å². The van der Waals surface area contributed by atoms with E-state index in [1.54, 1.807) is 19.5 Å². The zero-order valence-corrected chi connectivity index (χ0v) is 16.7. The fraction of sp³-hybridized carbons (Fsp3) is 0.294. The number of ether oxygens (including phenoxy) is 1. The lowest BCUT2D eigenvalue weighted by atomic mass is 10.1. The lowest BCUT2D eigenvalue weighted by Crippen LogP contribution is -2.38. The highest BCUT2D eigenvalue weighted by Crippen LogP contribution is 2.38. The van der Waals surface area contributed by atoms with Crippen LogP contribution in [0.25, 0.3) is 10.4 Å². The Labute approximate surface area is 164 Å². The molecule has 0 aliphatic carbocycles. The first-order valence-electron chi connectivity index (χ1n) is 7.86. The number of anilines is 1. The zero-order valence-electron chi connectivity index (χ0n) is 15.0. The molecule has 8 nitrogen and oxygen atoms in total. The Morgan fingerprint density at radius 2 is 1.93 bits per heavy atom. The molecule has 0 atom stereocenters. The summed E-state index contributed by atoms with van der Waals surface area (Å²) < 4.78 is 5.09. The standard InChI is InChI=1S/C17H19N3O5S2/c1-10(21)19-16-15(11(9-27-16)12-5-4-6-26-12)17(24)25-8-13(22)18-7-14(23)20(2)3/h4-6,9H,7-8H2,1-3H3,(H,18,22)(H,19,21). The third-order valence-electron chi connectivity index (χ3n) is 3.34. The maximum Gasteiger partial charge on any atom is 0.342 e. The Hall–Kier alpha value is -2.72. The topological polar surface area (TPSA) is 105 Å². The Bertz CT molecular complexity index is 843. The number of nitrogens with zero attached hydrogens (tertiary/aromatic N) is 1. The molecule has 0 saturated carbocycles. The molecule has 0 spiro atoms. The number of thiophene rings is 2. The summed E-state index contributed by atoms with van der Waals surface area (Å²) >= 11 is 2.65. The van der Waals surface area contributed by atoms with E-state index in [0.717, 1.165) is 4.88 Å². The lowest BCUT2D eigenvalue weighted by Gasteiger charge is -2.11. The molecule has 2 rings (SSSR count). The highest BCUT2D eigenvalue weighted by Gasteiger charge is 2.23. The van der Waals surface area contributed by atoms with Crippen LogP contribution >= 0.6 is 22.7 Å². The van der Waals surface area contributed by atoms with Gasteiger partial charge in [-0.3, -0.25) is 14.4 Å². The fourth-order valence-corrected chi connectivity index (χ4v) is 3.83. The number of carbonyl (C=O) groups excluding carboxylic acids is 4. The first-order chi connectivity index (χ1) is 12.8. The van der Waals surface area contributed by atoms with Gasteiger partial charge in [0.15, 0.2) is 6.61 Å². The maximum atomic E-state index is 12.6. The Morgan fingerprint density at radius 1 is 1.19 bits per heavy atom. The second-order valence-electron chi connectivity index (χ2n) is 5.65. The largest absolute Gasteiger partial charge is 0.452 e. The summed E-state index contributed by atoms with van der Waals surface area (Å²) in [5.41, 5.74) is 0.835. The van der Waals surface area contributed by atoms with E-state index < -0.39 is 18.5 Å². The van der Waals surface area contributed by atoms with Crippen LogP contribution in [0.3, 0.4) is 0 Å². The van der Waals surface area contributed by atoms with Gasteiger partial charge < -0.3 is 20.3 Å². The molecule has 0 saturated heterocycles. The van der Waals surface area contributed by atoms with Crippen molar-refractivity contribution < 1.29 is 23.9 Å². The Kier molecular flexibility index (Phi) is 7.08. The normalized spacial score (nSPS) is 10.2. The predicted octanol–water partition coefficient (Wildman–Crippen LogP) is 1.80. The second kappa shape index (κ2) is 9.28. The molecule has 0 bridgehead atoms. The first kappa shape index (κ1) is 20.6. The van der Waals surface area contributed by atoms with Crippen LogP contribution in [-0.2, 0) is 19.1 Å². The number of nitrogens with one attached hydrogen (secondary N) is 2. The number of carbonyl (C=O) groups is 4. The van der Waals surface area contributed by atoms with Crippen LogP contribution in [0.4, 0.5) is 5.00 Å². The SMILES string of the molecule is CC(=O)Nc1scc(-c2cccs2)c1C(=O)OCC(=O)NCC(=O)N(C)C. The quantitative estimate of drug-likeness (QED) is 0.679. The van der Waals surface area contributed by atoms with E-state index in [1.165, 1.54) is 34.5 Å². The minimum absolute atomic E-state index is 0.181. The molecule has 0 unspecified atom stereocenters. The molecule has 0 fully saturated rings. The number of likely N-dealkylation sites (N-methyl/N-ethyl adjacent to an activating group) is 1. The van der Waals surface area contributed by atoms with Gasteiger partial charge in [-0.25, -0.2) is 4.79 Å². The molecule has 0 aromatic carbocycles. The maximum absolute atomic E-state index is 12.6. The van der Waals surface area contributed by atoms with Gasteiger partial charge in [0.2, 0.25) is 11.8 Å². The highest BCUT2D eigenvalue weighted by atomic mass is 32.1. The summed E-state index contributed by atoms with van der Waals surface area (Å²) in [5.74, 6) is -1.91. The summed E-state index contributed by atoms with van der Waals surface area (Å²) in [7, 11) is 3.14. The summed E-state index contributed by atoms with van der Waals surface area (Å²) in [6, 6.07) is 3.70. The van der Waals surface area contributed by atoms with E-state index >= 15 is 0 Å². The van der Waals surface area contributed by atoms with Crippen LogP contribution in [0, 0.1) is 0 Å². The van der Waals surface area contributed by atoms with Crippen molar-refractivity contribution in [3.63, 3.8) is 0 Å². The van der Waals surface area contributed by atoms with E-state index in [4.69, 9.17) is 4.74 Å². The number of amides is 3. The number of esters is 1. The van der Waals surface area contributed by atoms with E-state index in [0.29, 0.717) is 10.6 Å². The molecule has 3 amide bonds. The molecule has 0 aliphatic heterocycles. The van der Waals surface area contributed by atoms with E-state index in [9.17, 15) is 19.2 Å². The fourth-order valence-electron chi connectivity index (χ4n) is 2.01. The third-order valence-corrected chi connectivity index (χ3v) is 5.14. The van der Waals surface area contributed by atoms with Gasteiger partial charge in [0.05, 0.1) is 6.54 Å². The molecule has 2 aromatic heterocycles. The molecule has 2 N–H and O–H groups in total. The van der Waals surface area contributed by atoms with Crippen molar-refractivity contribution in [1.29, 1.82) is 0 Å². The summed E-state index contributed by atoms with van der Waals surface area (Å²) in [6.45, 7) is 0.632. The van der Waals surface area contributed by atoms with Crippen LogP contribution in [0.15, 0.2) is 22.9 Å². The number of hydrogen-bond acceptors (Lipinski definition) is 7. The van der Waals surface area contributed by atoms with Crippen molar-refractivity contribution in [2.24, 2.45) is 0 Å². The number of hydrogen-bond donors (Lipinski definition) is 2. The van der Waals surface area contributed by atoms with Crippen LogP contribution in [0.2, 0.25) is 0 Å². The van der Waals surface area contributed by atoms with Crippen molar-refractivity contribution in [2.75, 3.05) is 32.6 Å². The van der Waals surface area contributed by atoms with Crippen molar-refractivity contribution in [3.8, 4) is 10.4 Å². The van der Waals surface area contributed by atoms with E-state index in [1.807, 2.05) is 17.5 Å². The third kappa shape index (κ3) is 5.63. The van der Waals surface area contributed by atoms with Gasteiger partial charge in [-0.05, 0) is 11.4 Å². The second-order valence-corrected chi connectivity index (χ2v) is 7.48. The molecule has 2 aromatic rings. The van der Waals surface area contributed by atoms with Gasteiger partial charge in [0.25, 0.3) is 5.91 Å². The molecular weight excluding hydrogens is 390 g/mol. The lowest BCUT2D eigenvalue weighted by molar-refractivity contribution is -0.131. The molecule has 0 radical (unpaired) electrons. The first-order valence-corrected chi connectivity index (χ1v) is 9.62. The highest BCUT2D eigenvalue weighted by molar-refractivity contribution is 7.17. The van der Waals surface area contributed by atoms with Gasteiger partial charge in [-0.15, -0.1) is 22.7 Å². The molecule has 144 valence electrons. The van der Waals surface area contributed by atoms with Gasteiger partial charge in [0, 0.05) is 36.8 Å². The molecule has 10 heteroatoms.